The second-order valence-corrected chi connectivity index (χ2v) is 4.97. The molecule has 0 aliphatic heterocycles. The van der Waals surface area contributed by atoms with Crippen molar-refractivity contribution in [2.24, 2.45) is 0 Å². The van der Waals surface area contributed by atoms with Crippen molar-refractivity contribution in [2.75, 3.05) is 20.1 Å². The Kier molecular flexibility index (Phi) is 6.23. The summed E-state index contributed by atoms with van der Waals surface area (Å²) in [6.07, 6.45) is 1.12. The molecule has 0 aliphatic rings. The highest BCUT2D eigenvalue weighted by Gasteiger charge is 2.04. The van der Waals surface area contributed by atoms with Gasteiger partial charge in [0.05, 0.1) is 0 Å². The molecule has 0 aromatic heterocycles. The van der Waals surface area contributed by atoms with Crippen LogP contribution in [0.1, 0.15) is 31.9 Å². The summed E-state index contributed by atoms with van der Waals surface area (Å²) in [7, 11) is 2.19. The van der Waals surface area contributed by atoms with Crippen molar-refractivity contribution < 1.29 is 0 Å². The first-order valence-electron chi connectivity index (χ1n) is 6.62. The van der Waals surface area contributed by atoms with Crippen molar-refractivity contribution in [1.29, 1.82) is 0 Å². The molecule has 1 aromatic carbocycles. The van der Waals surface area contributed by atoms with Crippen molar-refractivity contribution in [1.82, 2.24) is 10.2 Å². The topological polar surface area (TPSA) is 15.3 Å². The molecule has 0 bridgehead atoms. The van der Waals surface area contributed by atoms with E-state index in [1.165, 1.54) is 11.1 Å². The van der Waals surface area contributed by atoms with Gasteiger partial charge in [0.25, 0.3) is 0 Å². The zero-order valence-electron chi connectivity index (χ0n) is 11.7. The number of likely N-dealkylation sites (N-methyl/N-ethyl adjacent to an activating group) is 1. The summed E-state index contributed by atoms with van der Waals surface area (Å²) in [5.74, 6) is 0. The Hall–Kier alpha value is -0.860. The summed E-state index contributed by atoms with van der Waals surface area (Å²) in [6, 6.07) is 9.31. The Morgan fingerprint density at radius 3 is 2.41 bits per heavy atom. The van der Waals surface area contributed by atoms with Gasteiger partial charge in [-0.3, -0.25) is 0 Å². The Morgan fingerprint density at radius 1 is 1.18 bits per heavy atom. The van der Waals surface area contributed by atoms with E-state index in [-0.39, 0.29) is 0 Å². The Morgan fingerprint density at radius 2 is 1.82 bits per heavy atom. The fourth-order valence-corrected chi connectivity index (χ4v) is 1.97. The third kappa shape index (κ3) is 5.33. The average Bonchev–Trinajstić information content (AvgIpc) is 2.29. The molecule has 0 spiro atoms. The van der Waals surface area contributed by atoms with E-state index < -0.39 is 0 Å². The fraction of sp³-hybridized carbons (Fsp3) is 0.600. The minimum atomic E-state index is 0.575. The number of nitrogens with one attached hydrogen (secondary N) is 1. The lowest BCUT2D eigenvalue weighted by molar-refractivity contribution is 0.319. The van der Waals surface area contributed by atoms with Crippen molar-refractivity contribution in [3.63, 3.8) is 0 Å². The van der Waals surface area contributed by atoms with E-state index in [0.717, 1.165) is 26.1 Å². The van der Waals surface area contributed by atoms with Crippen LogP contribution in [0.5, 0.6) is 0 Å². The maximum atomic E-state index is 3.45. The van der Waals surface area contributed by atoms with Gasteiger partial charge in [0.15, 0.2) is 0 Å². The van der Waals surface area contributed by atoms with Gasteiger partial charge in [-0.2, -0.15) is 0 Å². The average molecular weight is 234 g/mol. The number of hydrogen-bond acceptors (Lipinski definition) is 2. The van der Waals surface area contributed by atoms with Crippen LogP contribution in [0.4, 0.5) is 0 Å². The van der Waals surface area contributed by atoms with Gasteiger partial charge in [-0.25, -0.2) is 0 Å². The molecule has 0 saturated heterocycles. The molecule has 2 heteroatoms. The van der Waals surface area contributed by atoms with Crippen LogP contribution in [0.3, 0.4) is 0 Å². The lowest BCUT2D eigenvalue weighted by Crippen LogP contribution is -2.32. The molecule has 96 valence electrons. The molecule has 2 nitrogen and oxygen atoms in total. The molecule has 1 aromatic rings. The van der Waals surface area contributed by atoms with Crippen LogP contribution in [0.2, 0.25) is 0 Å². The molecule has 0 atom stereocenters. The lowest BCUT2D eigenvalue weighted by Gasteiger charge is -2.19. The second kappa shape index (κ2) is 7.46. The van der Waals surface area contributed by atoms with Crippen LogP contribution < -0.4 is 5.32 Å². The number of nitrogens with zero attached hydrogens (tertiary/aromatic N) is 1. The van der Waals surface area contributed by atoms with E-state index in [9.17, 15) is 0 Å². The molecule has 0 radical (unpaired) electrons. The molecule has 17 heavy (non-hydrogen) atoms. The van der Waals surface area contributed by atoms with Crippen LogP contribution in [-0.4, -0.2) is 31.1 Å². The maximum Gasteiger partial charge on any atom is 0.0233 e. The summed E-state index contributed by atoms with van der Waals surface area (Å²) < 4.78 is 0. The van der Waals surface area contributed by atoms with Crippen LogP contribution >= 0.6 is 0 Å². The summed E-state index contributed by atoms with van der Waals surface area (Å²) in [5.41, 5.74) is 2.93. The van der Waals surface area contributed by atoms with Crippen LogP contribution in [0.15, 0.2) is 24.3 Å². The van der Waals surface area contributed by atoms with Gasteiger partial charge in [0.1, 0.15) is 0 Å². The molecule has 0 unspecified atom stereocenters. The predicted molar refractivity (Wildman–Crippen MR) is 75.3 cm³/mol. The highest BCUT2D eigenvalue weighted by Crippen LogP contribution is 2.11. The molecule has 1 N–H and O–H groups in total. The zero-order chi connectivity index (χ0) is 12.7. The maximum absolute atomic E-state index is 3.45. The number of aryl methyl sites for hydroxylation is 1. The SMILES string of the molecule is CCc1ccccc1CN(C)CCNC(C)C. The fourth-order valence-electron chi connectivity index (χ4n) is 1.97. The predicted octanol–water partition coefficient (Wildman–Crippen LogP) is 2.68. The monoisotopic (exact) mass is 234 g/mol. The van der Waals surface area contributed by atoms with E-state index in [2.05, 4.69) is 62.3 Å². The highest BCUT2D eigenvalue weighted by atomic mass is 15.1. The minimum Gasteiger partial charge on any atom is -0.313 e. The third-order valence-corrected chi connectivity index (χ3v) is 2.99. The smallest absolute Gasteiger partial charge is 0.0233 e. The number of hydrogen-bond donors (Lipinski definition) is 1. The standard InChI is InChI=1S/C15H26N2/c1-5-14-8-6-7-9-15(14)12-17(4)11-10-16-13(2)3/h6-9,13,16H,5,10-12H2,1-4H3. The Bertz CT molecular complexity index is 320. The van der Waals surface area contributed by atoms with Crippen LogP contribution in [0, 0.1) is 0 Å². The molecule has 1 rings (SSSR count). The van der Waals surface area contributed by atoms with Crippen LogP contribution in [0.25, 0.3) is 0 Å². The van der Waals surface area contributed by atoms with E-state index in [0.29, 0.717) is 6.04 Å². The molecule has 0 fully saturated rings. The normalized spacial score (nSPS) is 11.4. The second-order valence-electron chi connectivity index (χ2n) is 4.97. The third-order valence-electron chi connectivity index (χ3n) is 2.99. The molecular formula is C15H26N2. The largest absolute Gasteiger partial charge is 0.313 e. The molecule has 0 saturated carbocycles. The van der Waals surface area contributed by atoms with E-state index >= 15 is 0 Å². The summed E-state index contributed by atoms with van der Waals surface area (Å²) in [5, 5.41) is 3.45. The summed E-state index contributed by atoms with van der Waals surface area (Å²) >= 11 is 0. The lowest BCUT2D eigenvalue weighted by atomic mass is 10.1. The first-order valence-corrected chi connectivity index (χ1v) is 6.62. The van der Waals surface area contributed by atoms with Gasteiger partial charge >= 0.3 is 0 Å². The summed E-state index contributed by atoms with van der Waals surface area (Å²) in [6.45, 7) is 9.79. The van der Waals surface area contributed by atoms with Gasteiger partial charge in [-0.15, -0.1) is 0 Å². The zero-order valence-corrected chi connectivity index (χ0v) is 11.7. The number of benzene rings is 1. The molecule has 0 amide bonds. The Labute approximate surface area is 106 Å². The Balaban J connectivity index is 2.41. The van der Waals surface area contributed by atoms with Gasteiger partial charge in [0, 0.05) is 25.7 Å². The molecular weight excluding hydrogens is 208 g/mol. The summed E-state index contributed by atoms with van der Waals surface area (Å²) in [4.78, 5) is 2.38. The van der Waals surface area contributed by atoms with Gasteiger partial charge in [0.2, 0.25) is 0 Å². The highest BCUT2D eigenvalue weighted by molar-refractivity contribution is 5.26. The van der Waals surface area contributed by atoms with Crippen molar-refractivity contribution in [3.05, 3.63) is 35.4 Å². The quantitative estimate of drug-likeness (QED) is 0.780. The van der Waals surface area contributed by atoms with Gasteiger partial charge < -0.3 is 10.2 Å². The van der Waals surface area contributed by atoms with Crippen LogP contribution in [-0.2, 0) is 13.0 Å². The molecule has 0 aliphatic carbocycles. The first kappa shape index (κ1) is 14.2. The van der Waals surface area contributed by atoms with E-state index in [1.807, 2.05) is 0 Å². The van der Waals surface area contributed by atoms with Gasteiger partial charge in [-0.05, 0) is 24.6 Å². The van der Waals surface area contributed by atoms with Crippen molar-refractivity contribution >= 4 is 0 Å². The first-order chi connectivity index (χ1) is 8.13. The van der Waals surface area contributed by atoms with Gasteiger partial charge in [-0.1, -0.05) is 45.0 Å². The van der Waals surface area contributed by atoms with Crippen molar-refractivity contribution in [3.8, 4) is 0 Å². The molecule has 0 heterocycles. The van der Waals surface area contributed by atoms with E-state index in [4.69, 9.17) is 0 Å². The van der Waals surface area contributed by atoms with E-state index in [1.54, 1.807) is 0 Å². The van der Waals surface area contributed by atoms with Crippen molar-refractivity contribution in [2.45, 2.75) is 39.8 Å². The minimum absolute atomic E-state index is 0.575. The number of rotatable bonds is 7.